The average Bonchev–Trinajstić information content (AvgIpc) is 2.91. The van der Waals surface area contributed by atoms with Crippen molar-refractivity contribution < 1.29 is 4.39 Å². The number of nitrogens with two attached hydrogens (primary N) is 1. The zero-order chi connectivity index (χ0) is 14.4. The lowest BCUT2D eigenvalue weighted by Crippen LogP contribution is -2.14. The maximum Gasteiger partial charge on any atom is 0.125 e. The molecule has 3 nitrogen and oxygen atoms in total. The van der Waals surface area contributed by atoms with Crippen LogP contribution in [-0.2, 0) is 6.42 Å². The number of halogens is 1. The molecule has 0 atom stereocenters. The van der Waals surface area contributed by atoms with E-state index in [-0.39, 0.29) is 5.82 Å². The van der Waals surface area contributed by atoms with Gasteiger partial charge >= 0.3 is 0 Å². The number of nitrogens with zero attached hydrogens (tertiary/aromatic N) is 2. The van der Waals surface area contributed by atoms with E-state index in [9.17, 15) is 4.39 Å². The van der Waals surface area contributed by atoms with Crippen LogP contribution in [0.5, 0.6) is 0 Å². The van der Waals surface area contributed by atoms with Crippen LogP contribution in [0.2, 0.25) is 0 Å². The molecule has 1 aliphatic rings. The van der Waals surface area contributed by atoms with Gasteiger partial charge < -0.3 is 10.6 Å². The molecule has 0 fully saturated rings. The number of aromatic nitrogens is 1. The van der Waals surface area contributed by atoms with E-state index < -0.39 is 0 Å². The Balaban J connectivity index is 1.94. The van der Waals surface area contributed by atoms with Crippen molar-refractivity contribution in [2.24, 2.45) is 0 Å². The molecule has 2 aromatic carbocycles. The van der Waals surface area contributed by atoms with Gasteiger partial charge in [-0.1, -0.05) is 6.07 Å². The molecule has 2 N–H and O–H groups in total. The minimum absolute atomic E-state index is 0.210. The quantitative estimate of drug-likeness (QED) is 0.691. The molecule has 0 aliphatic carbocycles. The summed E-state index contributed by atoms with van der Waals surface area (Å²) in [5, 5.41) is 0.995. The Kier molecular flexibility index (Phi) is 2.57. The van der Waals surface area contributed by atoms with Gasteiger partial charge in [-0.2, -0.15) is 0 Å². The molecule has 1 aromatic heterocycles. The second kappa shape index (κ2) is 4.45. The van der Waals surface area contributed by atoms with Crippen LogP contribution in [0.3, 0.4) is 0 Å². The lowest BCUT2D eigenvalue weighted by molar-refractivity contribution is 0.628. The van der Waals surface area contributed by atoms with Crippen LogP contribution in [0.4, 0.5) is 21.5 Å². The maximum atomic E-state index is 13.6. The second-order valence-electron chi connectivity index (χ2n) is 5.25. The summed E-state index contributed by atoms with van der Waals surface area (Å²) in [4.78, 5) is 6.50. The molecule has 0 bridgehead atoms. The van der Waals surface area contributed by atoms with Crippen LogP contribution in [0.25, 0.3) is 10.9 Å². The summed E-state index contributed by atoms with van der Waals surface area (Å²) in [6.07, 6.45) is 2.65. The smallest absolute Gasteiger partial charge is 0.125 e. The van der Waals surface area contributed by atoms with Crippen molar-refractivity contribution in [3.63, 3.8) is 0 Å². The Morgan fingerprint density at radius 1 is 1.10 bits per heavy atom. The van der Waals surface area contributed by atoms with Crippen LogP contribution in [0.1, 0.15) is 5.56 Å². The fraction of sp³-hybridized carbons (Fsp3) is 0.118. The lowest BCUT2D eigenvalue weighted by atomic mass is 10.1. The van der Waals surface area contributed by atoms with E-state index in [4.69, 9.17) is 5.73 Å². The summed E-state index contributed by atoms with van der Waals surface area (Å²) >= 11 is 0. The maximum absolute atomic E-state index is 13.6. The van der Waals surface area contributed by atoms with Crippen molar-refractivity contribution in [2.45, 2.75) is 6.42 Å². The Morgan fingerprint density at radius 2 is 2.00 bits per heavy atom. The summed E-state index contributed by atoms with van der Waals surface area (Å²) in [5.74, 6) is -0.210. The van der Waals surface area contributed by atoms with E-state index in [2.05, 4.69) is 9.88 Å². The molecule has 1 aliphatic heterocycles. The summed E-state index contributed by atoms with van der Waals surface area (Å²) < 4.78 is 13.6. The minimum atomic E-state index is -0.210. The highest BCUT2D eigenvalue weighted by Crippen LogP contribution is 2.39. The molecule has 21 heavy (non-hydrogen) atoms. The molecule has 2 heterocycles. The van der Waals surface area contributed by atoms with Crippen molar-refractivity contribution in [3.05, 3.63) is 60.0 Å². The predicted octanol–water partition coefficient (Wildman–Crippen LogP) is 3.65. The molecule has 0 saturated carbocycles. The van der Waals surface area contributed by atoms with E-state index in [0.717, 1.165) is 35.2 Å². The molecule has 3 aromatic rings. The molecule has 4 rings (SSSR count). The SMILES string of the molecule is Nc1ccc(N2CCc3ccc(F)cc32)c2cccnc12. The fourth-order valence-corrected chi connectivity index (χ4v) is 3.02. The van der Waals surface area contributed by atoms with Gasteiger partial charge in [-0.05, 0) is 48.4 Å². The lowest BCUT2D eigenvalue weighted by Gasteiger charge is -2.21. The number of rotatable bonds is 1. The summed E-state index contributed by atoms with van der Waals surface area (Å²) in [7, 11) is 0. The monoisotopic (exact) mass is 279 g/mol. The zero-order valence-electron chi connectivity index (χ0n) is 11.4. The number of hydrogen-bond donors (Lipinski definition) is 1. The van der Waals surface area contributed by atoms with Gasteiger partial charge in [-0.25, -0.2) is 4.39 Å². The van der Waals surface area contributed by atoms with Gasteiger partial charge in [0.15, 0.2) is 0 Å². The minimum Gasteiger partial charge on any atom is -0.397 e. The van der Waals surface area contributed by atoms with E-state index >= 15 is 0 Å². The molecule has 0 radical (unpaired) electrons. The largest absolute Gasteiger partial charge is 0.397 e. The number of nitrogen functional groups attached to an aromatic ring is 1. The highest BCUT2D eigenvalue weighted by atomic mass is 19.1. The van der Waals surface area contributed by atoms with Gasteiger partial charge in [0.05, 0.1) is 16.9 Å². The first-order valence-corrected chi connectivity index (χ1v) is 6.93. The van der Waals surface area contributed by atoms with E-state index in [0.29, 0.717) is 5.69 Å². The fourth-order valence-electron chi connectivity index (χ4n) is 3.02. The van der Waals surface area contributed by atoms with Gasteiger partial charge in [-0.15, -0.1) is 0 Å². The summed E-state index contributed by atoms with van der Waals surface area (Å²) in [6.45, 7) is 0.840. The van der Waals surface area contributed by atoms with Gasteiger partial charge in [0, 0.05) is 23.8 Å². The van der Waals surface area contributed by atoms with Crippen molar-refractivity contribution >= 4 is 28.0 Å². The molecule has 0 amide bonds. The van der Waals surface area contributed by atoms with Crippen LogP contribution in [-0.4, -0.2) is 11.5 Å². The number of hydrogen-bond acceptors (Lipinski definition) is 3. The number of pyridine rings is 1. The third kappa shape index (κ3) is 1.83. The normalized spacial score (nSPS) is 13.7. The Hall–Kier alpha value is -2.62. The van der Waals surface area contributed by atoms with Gasteiger partial charge in [-0.3, -0.25) is 4.98 Å². The van der Waals surface area contributed by atoms with Crippen molar-refractivity contribution in [1.29, 1.82) is 0 Å². The Morgan fingerprint density at radius 3 is 2.90 bits per heavy atom. The van der Waals surface area contributed by atoms with E-state index in [1.165, 1.54) is 11.6 Å². The predicted molar refractivity (Wildman–Crippen MR) is 83.3 cm³/mol. The van der Waals surface area contributed by atoms with Crippen LogP contribution < -0.4 is 10.6 Å². The van der Waals surface area contributed by atoms with Gasteiger partial charge in [0.25, 0.3) is 0 Å². The highest BCUT2D eigenvalue weighted by molar-refractivity contribution is 6.00. The third-order valence-electron chi connectivity index (χ3n) is 4.01. The van der Waals surface area contributed by atoms with Gasteiger partial charge in [0.2, 0.25) is 0 Å². The molecular weight excluding hydrogens is 265 g/mol. The topological polar surface area (TPSA) is 42.1 Å². The van der Waals surface area contributed by atoms with Crippen molar-refractivity contribution in [1.82, 2.24) is 4.98 Å². The van der Waals surface area contributed by atoms with Crippen LogP contribution in [0.15, 0.2) is 48.7 Å². The standard InChI is InChI=1S/C17H14FN3/c18-12-4-3-11-7-9-21(16(11)10-12)15-6-5-14(19)17-13(15)2-1-8-20-17/h1-6,8,10H,7,9,19H2. The molecule has 0 saturated heterocycles. The second-order valence-corrected chi connectivity index (χ2v) is 5.25. The Bertz CT molecular complexity index is 845. The number of benzene rings is 2. The molecule has 0 unspecified atom stereocenters. The molecule has 0 spiro atoms. The summed E-state index contributed by atoms with van der Waals surface area (Å²) in [5.41, 5.74) is 10.6. The van der Waals surface area contributed by atoms with Crippen molar-refractivity contribution in [2.75, 3.05) is 17.2 Å². The van der Waals surface area contributed by atoms with Gasteiger partial charge in [0.1, 0.15) is 5.82 Å². The Labute approximate surface area is 121 Å². The molecule has 4 heteroatoms. The average molecular weight is 279 g/mol. The van der Waals surface area contributed by atoms with Crippen LogP contribution in [0, 0.1) is 5.82 Å². The van der Waals surface area contributed by atoms with E-state index in [1.807, 2.05) is 30.3 Å². The summed E-state index contributed by atoms with van der Waals surface area (Å²) in [6, 6.07) is 12.7. The molecular formula is C17H14FN3. The third-order valence-corrected chi connectivity index (χ3v) is 4.01. The zero-order valence-corrected chi connectivity index (χ0v) is 11.4. The van der Waals surface area contributed by atoms with Crippen LogP contribution >= 0.6 is 0 Å². The van der Waals surface area contributed by atoms with E-state index in [1.54, 1.807) is 12.3 Å². The first-order valence-electron chi connectivity index (χ1n) is 6.93. The number of fused-ring (bicyclic) bond motifs is 2. The van der Waals surface area contributed by atoms with Crippen molar-refractivity contribution in [3.8, 4) is 0 Å². The first-order chi connectivity index (χ1) is 10.2. The number of anilines is 3. The highest BCUT2D eigenvalue weighted by Gasteiger charge is 2.22. The first kappa shape index (κ1) is 12.1. The molecule has 104 valence electrons.